The number of hydrogen-bond donors (Lipinski definition) is 1. The Hall–Kier alpha value is -1.74. The van der Waals surface area contributed by atoms with E-state index >= 15 is 0 Å². The van der Waals surface area contributed by atoms with Gasteiger partial charge in [-0.1, -0.05) is 17.7 Å². The maximum atomic E-state index is 12.9. The van der Waals surface area contributed by atoms with Crippen LogP contribution in [0.2, 0.25) is 5.02 Å². The van der Waals surface area contributed by atoms with Gasteiger partial charge >= 0.3 is 0 Å². The summed E-state index contributed by atoms with van der Waals surface area (Å²) in [6.45, 7) is 0. The van der Waals surface area contributed by atoms with Crippen LogP contribution in [0.25, 0.3) is 0 Å². The van der Waals surface area contributed by atoms with Crippen molar-refractivity contribution in [2.75, 3.05) is 5.73 Å². The lowest BCUT2D eigenvalue weighted by atomic mass is 10.3. The monoisotopic (exact) mass is 237 g/mol. The second-order valence-corrected chi connectivity index (χ2v) is 3.68. The summed E-state index contributed by atoms with van der Waals surface area (Å²) in [6.07, 6.45) is 0. The van der Waals surface area contributed by atoms with E-state index in [1.807, 2.05) is 0 Å². The minimum Gasteiger partial charge on any atom is -0.455 e. The van der Waals surface area contributed by atoms with E-state index in [0.717, 1.165) is 0 Å². The minimum absolute atomic E-state index is 0.363. The summed E-state index contributed by atoms with van der Waals surface area (Å²) in [6, 6.07) is 10.7. The number of nitrogens with two attached hydrogens (primary N) is 1. The third kappa shape index (κ3) is 2.44. The van der Waals surface area contributed by atoms with Crippen molar-refractivity contribution < 1.29 is 9.13 Å². The highest BCUT2D eigenvalue weighted by Gasteiger charge is 2.03. The Kier molecular flexibility index (Phi) is 2.97. The lowest BCUT2D eigenvalue weighted by Crippen LogP contribution is -1.92. The normalized spacial score (nSPS) is 10.1. The first kappa shape index (κ1) is 10.8. The predicted molar refractivity (Wildman–Crippen MR) is 62.3 cm³/mol. The third-order valence-corrected chi connectivity index (χ3v) is 2.23. The van der Waals surface area contributed by atoms with Crippen LogP contribution in [0.4, 0.5) is 10.1 Å². The smallest absolute Gasteiger partial charge is 0.151 e. The Morgan fingerprint density at radius 2 is 1.94 bits per heavy atom. The van der Waals surface area contributed by atoms with Gasteiger partial charge in [0.05, 0.1) is 5.69 Å². The quantitative estimate of drug-likeness (QED) is 0.805. The van der Waals surface area contributed by atoms with Crippen molar-refractivity contribution in [3.8, 4) is 11.5 Å². The molecule has 0 fully saturated rings. The molecule has 0 bridgehead atoms. The molecule has 2 aromatic rings. The summed E-state index contributed by atoms with van der Waals surface area (Å²) < 4.78 is 18.3. The van der Waals surface area contributed by atoms with E-state index in [-0.39, 0.29) is 5.82 Å². The van der Waals surface area contributed by atoms with Gasteiger partial charge in [0.15, 0.2) is 5.75 Å². The molecule has 0 saturated heterocycles. The number of benzene rings is 2. The molecule has 2 nitrogen and oxygen atoms in total. The average Bonchev–Trinajstić information content (AvgIpc) is 2.24. The zero-order valence-electron chi connectivity index (χ0n) is 8.28. The van der Waals surface area contributed by atoms with Crippen LogP contribution in [0.15, 0.2) is 42.5 Å². The predicted octanol–water partition coefficient (Wildman–Crippen LogP) is 3.85. The van der Waals surface area contributed by atoms with Crippen LogP contribution in [0.3, 0.4) is 0 Å². The fourth-order valence-electron chi connectivity index (χ4n) is 1.25. The molecule has 0 aromatic heterocycles. The second kappa shape index (κ2) is 4.41. The zero-order valence-corrected chi connectivity index (χ0v) is 9.04. The van der Waals surface area contributed by atoms with Crippen LogP contribution in [0.5, 0.6) is 11.5 Å². The van der Waals surface area contributed by atoms with Crippen LogP contribution in [0, 0.1) is 5.82 Å². The SMILES string of the molecule is Nc1ccc(Cl)cc1Oc1cccc(F)c1. The lowest BCUT2D eigenvalue weighted by Gasteiger charge is -2.08. The Bertz CT molecular complexity index is 516. The first-order valence-corrected chi connectivity index (χ1v) is 5.01. The summed E-state index contributed by atoms with van der Waals surface area (Å²) in [5, 5.41) is 0.514. The first-order chi connectivity index (χ1) is 7.65. The second-order valence-electron chi connectivity index (χ2n) is 3.24. The van der Waals surface area contributed by atoms with E-state index in [4.69, 9.17) is 22.1 Å². The Balaban J connectivity index is 2.30. The highest BCUT2D eigenvalue weighted by molar-refractivity contribution is 6.30. The molecule has 0 heterocycles. The molecule has 2 rings (SSSR count). The van der Waals surface area contributed by atoms with Gasteiger partial charge in [0.25, 0.3) is 0 Å². The molecule has 0 spiro atoms. The van der Waals surface area contributed by atoms with Gasteiger partial charge in [-0.3, -0.25) is 0 Å². The van der Waals surface area contributed by atoms with Gasteiger partial charge < -0.3 is 10.5 Å². The van der Waals surface area contributed by atoms with E-state index in [0.29, 0.717) is 22.2 Å². The zero-order chi connectivity index (χ0) is 11.5. The molecule has 0 saturated carbocycles. The molecule has 0 aliphatic carbocycles. The topological polar surface area (TPSA) is 35.2 Å². The van der Waals surface area contributed by atoms with Crippen molar-refractivity contribution in [3.05, 3.63) is 53.3 Å². The maximum absolute atomic E-state index is 12.9. The fourth-order valence-corrected chi connectivity index (χ4v) is 1.42. The van der Waals surface area contributed by atoms with Gasteiger partial charge in [-0.25, -0.2) is 4.39 Å². The van der Waals surface area contributed by atoms with Crippen LogP contribution in [-0.2, 0) is 0 Å². The van der Waals surface area contributed by atoms with Gasteiger partial charge in [-0.05, 0) is 24.3 Å². The largest absolute Gasteiger partial charge is 0.455 e. The Labute approximate surface area is 97.4 Å². The van der Waals surface area contributed by atoms with Crippen molar-refractivity contribution >= 4 is 17.3 Å². The number of ether oxygens (including phenoxy) is 1. The molecular weight excluding hydrogens is 229 g/mol. The van der Waals surface area contributed by atoms with E-state index in [1.165, 1.54) is 12.1 Å². The molecule has 2 N–H and O–H groups in total. The third-order valence-electron chi connectivity index (χ3n) is 2.00. The number of anilines is 1. The van der Waals surface area contributed by atoms with Crippen LogP contribution >= 0.6 is 11.6 Å². The van der Waals surface area contributed by atoms with E-state index in [9.17, 15) is 4.39 Å². The van der Waals surface area contributed by atoms with Crippen LogP contribution < -0.4 is 10.5 Å². The summed E-state index contributed by atoms with van der Waals surface area (Å²) in [7, 11) is 0. The van der Waals surface area contributed by atoms with Gasteiger partial charge in [-0.2, -0.15) is 0 Å². The lowest BCUT2D eigenvalue weighted by molar-refractivity contribution is 0.479. The molecule has 16 heavy (non-hydrogen) atoms. The van der Waals surface area contributed by atoms with Crippen LogP contribution in [0.1, 0.15) is 0 Å². The van der Waals surface area contributed by atoms with Gasteiger partial charge in [-0.15, -0.1) is 0 Å². The highest BCUT2D eigenvalue weighted by Crippen LogP contribution is 2.30. The van der Waals surface area contributed by atoms with Crippen molar-refractivity contribution in [2.45, 2.75) is 0 Å². The number of rotatable bonds is 2. The Morgan fingerprint density at radius 1 is 1.12 bits per heavy atom. The molecule has 2 aromatic carbocycles. The molecule has 0 aliphatic heterocycles. The summed E-state index contributed by atoms with van der Waals surface area (Å²) >= 11 is 5.80. The Morgan fingerprint density at radius 3 is 2.69 bits per heavy atom. The van der Waals surface area contributed by atoms with Gasteiger partial charge in [0.1, 0.15) is 11.6 Å². The standard InChI is InChI=1S/C12H9ClFNO/c13-8-4-5-11(15)12(6-8)16-10-3-1-2-9(14)7-10/h1-7H,15H2. The number of halogens is 2. The van der Waals surface area contributed by atoms with Gasteiger partial charge in [0, 0.05) is 17.2 Å². The average molecular weight is 238 g/mol. The number of nitrogen functional groups attached to an aromatic ring is 1. The summed E-state index contributed by atoms with van der Waals surface area (Å²) in [4.78, 5) is 0. The summed E-state index contributed by atoms with van der Waals surface area (Å²) in [5.74, 6) is 0.435. The molecule has 0 aliphatic rings. The summed E-state index contributed by atoms with van der Waals surface area (Å²) in [5.41, 5.74) is 6.15. The molecule has 4 heteroatoms. The molecule has 0 atom stereocenters. The van der Waals surface area contributed by atoms with Gasteiger partial charge in [0.2, 0.25) is 0 Å². The van der Waals surface area contributed by atoms with Crippen molar-refractivity contribution in [1.29, 1.82) is 0 Å². The first-order valence-electron chi connectivity index (χ1n) is 4.63. The van der Waals surface area contributed by atoms with E-state index < -0.39 is 0 Å². The molecular formula is C12H9ClFNO. The van der Waals surface area contributed by atoms with Crippen molar-refractivity contribution in [3.63, 3.8) is 0 Å². The minimum atomic E-state index is -0.363. The van der Waals surface area contributed by atoms with E-state index in [1.54, 1.807) is 30.3 Å². The highest BCUT2D eigenvalue weighted by atomic mass is 35.5. The molecule has 0 amide bonds. The van der Waals surface area contributed by atoms with Crippen molar-refractivity contribution in [1.82, 2.24) is 0 Å². The fraction of sp³-hybridized carbons (Fsp3) is 0. The molecule has 82 valence electrons. The molecule has 0 radical (unpaired) electrons. The van der Waals surface area contributed by atoms with Crippen LogP contribution in [-0.4, -0.2) is 0 Å². The van der Waals surface area contributed by atoms with Crippen molar-refractivity contribution in [2.24, 2.45) is 0 Å². The maximum Gasteiger partial charge on any atom is 0.151 e. The van der Waals surface area contributed by atoms with E-state index in [2.05, 4.69) is 0 Å². The number of hydrogen-bond acceptors (Lipinski definition) is 2. The molecule has 0 unspecified atom stereocenters.